The lowest BCUT2D eigenvalue weighted by atomic mass is 10.1. The van der Waals surface area contributed by atoms with Gasteiger partial charge >= 0.3 is 6.18 Å². The molecule has 1 amide bonds. The zero-order valence-electron chi connectivity index (χ0n) is 17.3. The maximum absolute atomic E-state index is 12.6. The maximum atomic E-state index is 12.6. The van der Waals surface area contributed by atoms with E-state index < -0.39 is 17.6 Å². The van der Waals surface area contributed by atoms with Crippen molar-refractivity contribution in [1.29, 1.82) is 0 Å². The molecule has 2 aliphatic heterocycles. The normalized spacial score (nSPS) is 22.1. The molecule has 174 valence electrons. The molecule has 2 atom stereocenters. The monoisotopic (exact) mass is 556 g/mol. The van der Waals surface area contributed by atoms with Crippen LogP contribution in [-0.2, 0) is 15.7 Å². The van der Waals surface area contributed by atoms with Gasteiger partial charge in [-0.1, -0.05) is 0 Å². The molecular formula is C20H28F3IN4O3. The predicted octanol–water partition coefficient (Wildman–Crippen LogP) is 2.51. The van der Waals surface area contributed by atoms with Gasteiger partial charge in [0, 0.05) is 45.4 Å². The van der Waals surface area contributed by atoms with Gasteiger partial charge in [-0.2, -0.15) is 13.2 Å². The molecule has 1 aromatic carbocycles. The molecule has 0 saturated carbocycles. The van der Waals surface area contributed by atoms with Crippen LogP contribution in [-0.4, -0.2) is 75.4 Å². The molecule has 1 aromatic rings. The first-order valence-electron chi connectivity index (χ1n) is 10.0. The first-order valence-corrected chi connectivity index (χ1v) is 10.0. The first-order chi connectivity index (χ1) is 14.4. The number of halogens is 4. The Kier molecular flexibility index (Phi) is 9.82. The van der Waals surface area contributed by atoms with E-state index >= 15 is 0 Å². The van der Waals surface area contributed by atoms with E-state index in [1.54, 1.807) is 7.05 Å². The smallest absolute Gasteiger partial charge is 0.375 e. The number of nitrogens with zero attached hydrogens (tertiary/aromatic N) is 2. The lowest BCUT2D eigenvalue weighted by molar-refractivity contribution is -0.137. The summed E-state index contributed by atoms with van der Waals surface area (Å²) in [6, 6.07) is 4.14. The molecule has 2 saturated heterocycles. The van der Waals surface area contributed by atoms with Crippen LogP contribution in [0.4, 0.5) is 13.2 Å². The van der Waals surface area contributed by atoms with Crippen molar-refractivity contribution < 1.29 is 27.4 Å². The molecule has 3 rings (SSSR count). The molecule has 2 fully saturated rings. The van der Waals surface area contributed by atoms with Crippen molar-refractivity contribution in [1.82, 2.24) is 15.5 Å². The standard InChI is InChI=1S/C20H27F3N4O3.HI/c1-24-19(27-10-12-30-17(13-27)16-3-2-11-29-16)26-9-8-25-18(28)14-4-6-15(7-5-14)20(21,22)23;/h4-7,16-17H,2-3,8-13H2,1H3,(H,24,26)(H,25,28);1H. The number of hydrogen-bond donors (Lipinski definition) is 2. The van der Waals surface area contributed by atoms with Crippen molar-refractivity contribution in [2.45, 2.75) is 31.2 Å². The summed E-state index contributed by atoms with van der Waals surface area (Å²) in [4.78, 5) is 18.5. The average molecular weight is 556 g/mol. The zero-order chi connectivity index (χ0) is 21.6. The van der Waals surface area contributed by atoms with Crippen LogP contribution in [0.15, 0.2) is 29.3 Å². The molecule has 31 heavy (non-hydrogen) atoms. The van der Waals surface area contributed by atoms with E-state index in [2.05, 4.69) is 20.5 Å². The van der Waals surface area contributed by atoms with Crippen molar-refractivity contribution in [3.8, 4) is 0 Å². The van der Waals surface area contributed by atoms with E-state index in [9.17, 15) is 18.0 Å². The molecule has 2 unspecified atom stereocenters. The largest absolute Gasteiger partial charge is 0.416 e. The van der Waals surface area contributed by atoms with Crippen molar-refractivity contribution in [2.75, 3.05) is 46.4 Å². The summed E-state index contributed by atoms with van der Waals surface area (Å²) >= 11 is 0. The van der Waals surface area contributed by atoms with Gasteiger partial charge in [-0.15, -0.1) is 24.0 Å². The van der Waals surface area contributed by atoms with E-state index in [0.29, 0.717) is 38.7 Å². The number of guanidine groups is 1. The number of nitrogens with one attached hydrogen (secondary N) is 2. The number of aliphatic imine (C=N–C) groups is 1. The molecule has 0 bridgehead atoms. The number of morpholine rings is 1. The second-order valence-corrected chi connectivity index (χ2v) is 7.21. The first kappa shape index (κ1) is 25.7. The van der Waals surface area contributed by atoms with Gasteiger partial charge < -0.3 is 25.0 Å². The number of carbonyl (C=O) groups excluding carboxylic acids is 1. The van der Waals surface area contributed by atoms with E-state index in [1.165, 1.54) is 12.1 Å². The Labute approximate surface area is 196 Å². The third-order valence-electron chi connectivity index (χ3n) is 5.15. The van der Waals surface area contributed by atoms with Gasteiger partial charge in [-0.3, -0.25) is 9.79 Å². The third kappa shape index (κ3) is 7.21. The minimum Gasteiger partial charge on any atom is -0.375 e. The van der Waals surface area contributed by atoms with Crippen molar-refractivity contribution in [3.63, 3.8) is 0 Å². The highest BCUT2D eigenvalue weighted by Gasteiger charge is 2.32. The van der Waals surface area contributed by atoms with Crippen LogP contribution >= 0.6 is 24.0 Å². The van der Waals surface area contributed by atoms with Crippen LogP contribution in [0.5, 0.6) is 0 Å². The van der Waals surface area contributed by atoms with E-state index in [1.807, 2.05) is 0 Å². The highest BCUT2D eigenvalue weighted by molar-refractivity contribution is 14.0. The number of hydrogen-bond acceptors (Lipinski definition) is 4. The summed E-state index contributed by atoms with van der Waals surface area (Å²) in [5.74, 6) is 0.287. The number of amides is 1. The third-order valence-corrected chi connectivity index (χ3v) is 5.15. The number of ether oxygens (including phenoxy) is 2. The molecule has 0 aliphatic carbocycles. The lowest BCUT2D eigenvalue weighted by Gasteiger charge is -2.37. The topological polar surface area (TPSA) is 75.2 Å². The lowest BCUT2D eigenvalue weighted by Crippen LogP contribution is -2.54. The summed E-state index contributed by atoms with van der Waals surface area (Å²) in [6.45, 7) is 3.49. The van der Waals surface area contributed by atoms with Crippen LogP contribution in [0.3, 0.4) is 0 Å². The van der Waals surface area contributed by atoms with E-state index in [4.69, 9.17) is 9.47 Å². The van der Waals surface area contributed by atoms with Gasteiger partial charge in [0.05, 0.1) is 18.3 Å². The molecule has 2 aliphatic rings. The van der Waals surface area contributed by atoms with Crippen molar-refractivity contribution in [2.24, 2.45) is 4.99 Å². The molecule has 0 aromatic heterocycles. The highest BCUT2D eigenvalue weighted by atomic mass is 127. The van der Waals surface area contributed by atoms with Crippen LogP contribution < -0.4 is 10.6 Å². The molecular weight excluding hydrogens is 528 g/mol. The fourth-order valence-electron chi connectivity index (χ4n) is 3.58. The fraction of sp³-hybridized carbons (Fsp3) is 0.600. The van der Waals surface area contributed by atoms with Crippen LogP contribution in [0, 0.1) is 0 Å². The van der Waals surface area contributed by atoms with Gasteiger partial charge in [-0.05, 0) is 37.1 Å². The molecule has 2 N–H and O–H groups in total. The van der Waals surface area contributed by atoms with Gasteiger partial charge in [0.1, 0.15) is 6.10 Å². The predicted molar refractivity (Wildman–Crippen MR) is 121 cm³/mol. The van der Waals surface area contributed by atoms with Gasteiger partial charge in [0.15, 0.2) is 5.96 Å². The summed E-state index contributed by atoms with van der Waals surface area (Å²) in [5, 5.41) is 5.89. The Morgan fingerprint density at radius 2 is 1.81 bits per heavy atom. The van der Waals surface area contributed by atoms with Crippen LogP contribution in [0.1, 0.15) is 28.8 Å². The Bertz CT molecular complexity index is 740. The fourth-order valence-corrected chi connectivity index (χ4v) is 3.58. The number of carbonyl (C=O) groups is 1. The SMILES string of the molecule is CN=C(NCCNC(=O)c1ccc(C(F)(F)F)cc1)N1CCOC(C2CCCO2)C1.I. The minimum absolute atomic E-state index is 0. The second kappa shape index (κ2) is 11.9. The molecule has 0 spiro atoms. The zero-order valence-corrected chi connectivity index (χ0v) is 19.6. The molecule has 2 heterocycles. The average Bonchev–Trinajstić information content (AvgIpc) is 3.28. The highest BCUT2D eigenvalue weighted by Crippen LogP contribution is 2.29. The maximum Gasteiger partial charge on any atom is 0.416 e. The Hall–Kier alpha value is -1.60. The Morgan fingerprint density at radius 1 is 1.13 bits per heavy atom. The van der Waals surface area contributed by atoms with Gasteiger partial charge in [-0.25, -0.2) is 0 Å². The Morgan fingerprint density at radius 3 is 2.42 bits per heavy atom. The van der Waals surface area contributed by atoms with Crippen LogP contribution in [0.2, 0.25) is 0 Å². The molecule has 7 nitrogen and oxygen atoms in total. The second-order valence-electron chi connectivity index (χ2n) is 7.21. The van der Waals surface area contributed by atoms with Gasteiger partial charge in [0.25, 0.3) is 5.91 Å². The summed E-state index contributed by atoms with van der Waals surface area (Å²) < 4.78 is 49.4. The summed E-state index contributed by atoms with van der Waals surface area (Å²) in [7, 11) is 1.69. The summed E-state index contributed by atoms with van der Waals surface area (Å²) in [6.07, 6.45) is -2.23. The van der Waals surface area contributed by atoms with Gasteiger partial charge in [0.2, 0.25) is 0 Å². The summed E-state index contributed by atoms with van der Waals surface area (Å²) in [5.41, 5.74) is -0.601. The minimum atomic E-state index is -4.42. The Balaban J connectivity index is 0.00000341. The quantitative estimate of drug-likeness (QED) is 0.253. The van der Waals surface area contributed by atoms with Crippen molar-refractivity contribution in [3.05, 3.63) is 35.4 Å². The van der Waals surface area contributed by atoms with Crippen LogP contribution in [0.25, 0.3) is 0 Å². The van der Waals surface area contributed by atoms with Crippen molar-refractivity contribution >= 4 is 35.8 Å². The number of rotatable bonds is 5. The molecule has 0 radical (unpaired) electrons. The number of benzene rings is 1. The van der Waals surface area contributed by atoms with E-state index in [-0.39, 0.29) is 41.7 Å². The molecule has 11 heteroatoms. The van der Waals surface area contributed by atoms with E-state index in [0.717, 1.165) is 31.6 Å². The number of alkyl halides is 3.